The summed E-state index contributed by atoms with van der Waals surface area (Å²) in [7, 11) is 3.62. The minimum absolute atomic E-state index is 0.230. The van der Waals surface area contributed by atoms with Gasteiger partial charge in [-0.1, -0.05) is 6.92 Å². The second kappa shape index (κ2) is 5.35. The SMILES string of the molecule is CC1CC(NCCCC(=O)N(C)C)C1. The van der Waals surface area contributed by atoms with Crippen LogP contribution in [0.4, 0.5) is 0 Å². The predicted molar refractivity (Wildman–Crippen MR) is 58.1 cm³/mol. The van der Waals surface area contributed by atoms with E-state index in [1.165, 1.54) is 12.8 Å². The Morgan fingerprint density at radius 1 is 1.43 bits per heavy atom. The Hall–Kier alpha value is -0.570. The average Bonchev–Trinajstić information content (AvgIpc) is 2.08. The van der Waals surface area contributed by atoms with Crippen LogP contribution in [0.15, 0.2) is 0 Å². The molecule has 1 saturated carbocycles. The first-order chi connectivity index (χ1) is 6.59. The molecular formula is C11H22N2O. The first-order valence-electron chi connectivity index (χ1n) is 5.53. The van der Waals surface area contributed by atoms with Crippen molar-refractivity contribution in [1.82, 2.24) is 10.2 Å². The van der Waals surface area contributed by atoms with Crippen LogP contribution in [0.1, 0.15) is 32.6 Å². The van der Waals surface area contributed by atoms with E-state index in [0.29, 0.717) is 6.42 Å². The smallest absolute Gasteiger partial charge is 0.222 e. The Labute approximate surface area is 86.9 Å². The molecule has 1 amide bonds. The van der Waals surface area contributed by atoms with Crippen molar-refractivity contribution in [1.29, 1.82) is 0 Å². The zero-order valence-corrected chi connectivity index (χ0v) is 9.55. The molecule has 0 heterocycles. The van der Waals surface area contributed by atoms with Gasteiger partial charge < -0.3 is 10.2 Å². The third kappa shape index (κ3) is 3.66. The molecule has 82 valence electrons. The van der Waals surface area contributed by atoms with Crippen molar-refractivity contribution >= 4 is 5.91 Å². The van der Waals surface area contributed by atoms with Gasteiger partial charge in [-0.05, 0) is 31.7 Å². The van der Waals surface area contributed by atoms with E-state index in [1.807, 2.05) is 14.1 Å². The van der Waals surface area contributed by atoms with Crippen LogP contribution in [0.25, 0.3) is 0 Å². The van der Waals surface area contributed by atoms with Gasteiger partial charge in [-0.2, -0.15) is 0 Å². The van der Waals surface area contributed by atoms with Crippen LogP contribution >= 0.6 is 0 Å². The molecule has 0 aromatic rings. The first-order valence-corrected chi connectivity index (χ1v) is 5.53. The topological polar surface area (TPSA) is 32.3 Å². The Morgan fingerprint density at radius 2 is 2.07 bits per heavy atom. The molecule has 0 unspecified atom stereocenters. The molecule has 1 rings (SSSR count). The summed E-state index contributed by atoms with van der Waals surface area (Å²) in [5.74, 6) is 1.13. The van der Waals surface area contributed by atoms with Crippen LogP contribution in [-0.2, 0) is 4.79 Å². The lowest BCUT2D eigenvalue weighted by Gasteiger charge is -2.33. The lowest BCUT2D eigenvalue weighted by atomic mass is 9.82. The summed E-state index contributed by atoms with van der Waals surface area (Å²) < 4.78 is 0. The maximum Gasteiger partial charge on any atom is 0.222 e. The van der Waals surface area contributed by atoms with Crippen LogP contribution in [0.2, 0.25) is 0 Å². The van der Waals surface area contributed by atoms with E-state index in [4.69, 9.17) is 0 Å². The summed E-state index contributed by atoms with van der Waals surface area (Å²) in [6.45, 7) is 3.27. The molecule has 1 aliphatic carbocycles. The Balaban J connectivity index is 1.92. The zero-order valence-electron chi connectivity index (χ0n) is 9.55. The number of amides is 1. The molecule has 1 fully saturated rings. The number of hydrogen-bond donors (Lipinski definition) is 1. The van der Waals surface area contributed by atoms with Crippen LogP contribution in [-0.4, -0.2) is 37.5 Å². The highest BCUT2D eigenvalue weighted by Crippen LogP contribution is 2.25. The molecule has 0 aromatic carbocycles. The van der Waals surface area contributed by atoms with Crippen molar-refractivity contribution in [3.63, 3.8) is 0 Å². The number of carbonyl (C=O) groups excluding carboxylic acids is 1. The van der Waals surface area contributed by atoms with Gasteiger partial charge in [0.15, 0.2) is 0 Å². The third-order valence-corrected chi connectivity index (χ3v) is 2.87. The quantitative estimate of drug-likeness (QED) is 0.674. The molecule has 14 heavy (non-hydrogen) atoms. The molecule has 3 nitrogen and oxygen atoms in total. The van der Waals surface area contributed by atoms with E-state index in [2.05, 4.69) is 12.2 Å². The molecule has 0 aliphatic heterocycles. The van der Waals surface area contributed by atoms with Crippen molar-refractivity contribution in [2.45, 2.75) is 38.6 Å². The third-order valence-electron chi connectivity index (χ3n) is 2.87. The maximum atomic E-state index is 11.2. The molecule has 0 spiro atoms. The summed E-state index contributed by atoms with van der Waals surface area (Å²) in [6.07, 6.45) is 4.24. The fraction of sp³-hybridized carbons (Fsp3) is 0.909. The van der Waals surface area contributed by atoms with Gasteiger partial charge in [-0.3, -0.25) is 4.79 Å². The molecule has 1 N–H and O–H groups in total. The second-order valence-corrected chi connectivity index (χ2v) is 4.62. The molecule has 0 bridgehead atoms. The fourth-order valence-corrected chi connectivity index (χ4v) is 1.84. The lowest BCUT2D eigenvalue weighted by molar-refractivity contribution is -0.128. The van der Waals surface area contributed by atoms with Crippen molar-refractivity contribution in [2.24, 2.45) is 5.92 Å². The summed E-state index contributed by atoms with van der Waals surface area (Å²) in [5, 5.41) is 3.47. The molecule has 1 aliphatic rings. The van der Waals surface area contributed by atoms with Crippen molar-refractivity contribution < 1.29 is 4.79 Å². The van der Waals surface area contributed by atoms with Gasteiger partial charge in [0.25, 0.3) is 0 Å². The Morgan fingerprint density at radius 3 is 2.57 bits per heavy atom. The molecule has 0 aromatic heterocycles. The highest BCUT2D eigenvalue weighted by Gasteiger charge is 2.24. The number of rotatable bonds is 5. The van der Waals surface area contributed by atoms with Crippen LogP contribution in [0.3, 0.4) is 0 Å². The predicted octanol–water partition coefficient (Wildman–Crippen LogP) is 1.24. The summed E-state index contributed by atoms with van der Waals surface area (Å²) in [4.78, 5) is 12.9. The normalized spacial score (nSPS) is 25.6. The van der Waals surface area contributed by atoms with Crippen molar-refractivity contribution in [3.05, 3.63) is 0 Å². The Kier molecular flexibility index (Phi) is 4.39. The summed E-state index contributed by atoms with van der Waals surface area (Å²) >= 11 is 0. The minimum atomic E-state index is 0.230. The summed E-state index contributed by atoms with van der Waals surface area (Å²) in [5.41, 5.74) is 0. The zero-order chi connectivity index (χ0) is 10.6. The van der Waals surface area contributed by atoms with E-state index in [9.17, 15) is 4.79 Å². The molecule has 0 atom stereocenters. The lowest BCUT2D eigenvalue weighted by Crippen LogP contribution is -2.40. The van der Waals surface area contributed by atoms with Gasteiger partial charge in [0.1, 0.15) is 0 Å². The molecule has 3 heteroatoms. The number of nitrogens with zero attached hydrogens (tertiary/aromatic N) is 1. The Bertz CT molecular complexity index is 186. The highest BCUT2D eigenvalue weighted by molar-refractivity contribution is 5.75. The molecule has 0 saturated heterocycles. The van der Waals surface area contributed by atoms with Crippen LogP contribution in [0.5, 0.6) is 0 Å². The van der Waals surface area contributed by atoms with Crippen molar-refractivity contribution in [2.75, 3.05) is 20.6 Å². The first kappa shape index (κ1) is 11.5. The molecule has 0 radical (unpaired) electrons. The van der Waals surface area contributed by atoms with E-state index in [-0.39, 0.29) is 5.91 Å². The largest absolute Gasteiger partial charge is 0.349 e. The van der Waals surface area contributed by atoms with Crippen LogP contribution < -0.4 is 5.32 Å². The van der Waals surface area contributed by atoms with Gasteiger partial charge >= 0.3 is 0 Å². The average molecular weight is 198 g/mol. The number of nitrogens with one attached hydrogen (secondary N) is 1. The monoisotopic (exact) mass is 198 g/mol. The fourth-order valence-electron chi connectivity index (χ4n) is 1.84. The minimum Gasteiger partial charge on any atom is -0.349 e. The van der Waals surface area contributed by atoms with Crippen LogP contribution in [0, 0.1) is 5.92 Å². The summed E-state index contributed by atoms with van der Waals surface area (Å²) in [6, 6.07) is 0.722. The van der Waals surface area contributed by atoms with E-state index < -0.39 is 0 Å². The maximum absolute atomic E-state index is 11.2. The standard InChI is InChI=1S/C11H22N2O/c1-9-7-10(8-9)12-6-4-5-11(14)13(2)3/h9-10,12H,4-8H2,1-3H3. The number of carbonyl (C=O) groups is 1. The van der Waals surface area contributed by atoms with Gasteiger partial charge in [0, 0.05) is 26.6 Å². The number of hydrogen-bond acceptors (Lipinski definition) is 2. The highest BCUT2D eigenvalue weighted by atomic mass is 16.2. The second-order valence-electron chi connectivity index (χ2n) is 4.62. The molecular weight excluding hydrogens is 176 g/mol. The van der Waals surface area contributed by atoms with Gasteiger partial charge in [0.05, 0.1) is 0 Å². The van der Waals surface area contributed by atoms with E-state index in [0.717, 1.165) is 24.9 Å². The van der Waals surface area contributed by atoms with E-state index in [1.54, 1.807) is 4.90 Å². The van der Waals surface area contributed by atoms with Crippen molar-refractivity contribution in [3.8, 4) is 0 Å². The van der Waals surface area contributed by atoms with Gasteiger partial charge in [-0.15, -0.1) is 0 Å². The van der Waals surface area contributed by atoms with E-state index >= 15 is 0 Å². The van der Waals surface area contributed by atoms with Gasteiger partial charge in [0.2, 0.25) is 5.91 Å². The van der Waals surface area contributed by atoms with Gasteiger partial charge in [-0.25, -0.2) is 0 Å².